The summed E-state index contributed by atoms with van der Waals surface area (Å²) in [5.74, 6) is 0.106. The topological polar surface area (TPSA) is 46.2 Å². The Labute approximate surface area is 94.4 Å². The van der Waals surface area contributed by atoms with Crippen molar-refractivity contribution in [1.29, 1.82) is 0 Å². The van der Waals surface area contributed by atoms with Gasteiger partial charge in [0.1, 0.15) is 0 Å². The zero-order valence-electron chi connectivity index (χ0n) is 8.54. The molecule has 0 amide bonds. The van der Waals surface area contributed by atoms with Crippen molar-refractivity contribution in [2.45, 2.75) is 24.3 Å². The van der Waals surface area contributed by atoms with Crippen LogP contribution in [-0.2, 0) is 9.84 Å². The molecule has 0 saturated carbocycles. The highest BCUT2D eigenvalue weighted by Crippen LogP contribution is 2.34. The number of nitrogens with one attached hydrogen (secondary N) is 1. The second-order valence-corrected chi connectivity index (χ2v) is 6.80. The van der Waals surface area contributed by atoms with E-state index < -0.39 is 15.4 Å². The van der Waals surface area contributed by atoms with E-state index in [-0.39, 0.29) is 5.75 Å². The maximum absolute atomic E-state index is 11.9. The quantitative estimate of drug-likeness (QED) is 0.763. The molecule has 0 radical (unpaired) electrons. The average Bonchev–Trinajstić information content (AvgIpc) is 1.97. The lowest BCUT2D eigenvalue weighted by Gasteiger charge is -2.33. The molecule has 0 unspecified atom stereocenters. The van der Waals surface area contributed by atoms with Crippen molar-refractivity contribution in [3.63, 3.8) is 0 Å². The molecule has 82 valence electrons. The summed E-state index contributed by atoms with van der Waals surface area (Å²) in [4.78, 5) is 0.339. The normalized spacial score (nSPS) is 21.5. The monoisotopic (exact) mass is 245 g/mol. The predicted octanol–water partition coefficient (Wildman–Crippen LogP) is 2.32. The molecule has 5 heteroatoms. The number of benzene rings is 1. The summed E-state index contributed by atoms with van der Waals surface area (Å²) < 4.78 is 23.8. The molecule has 1 aromatic carbocycles. The molecular weight excluding hydrogens is 234 g/mol. The molecule has 0 bridgehead atoms. The summed E-state index contributed by atoms with van der Waals surface area (Å²) in [6, 6.07) is 4.79. The number of rotatable bonds is 0. The number of fused-ring (bicyclic) bond motifs is 1. The molecule has 15 heavy (non-hydrogen) atoms. The fraction of sp³-hybridized carbons (Fsp3) is 0.400. The highest BCUT2D eigenvalue weighted by atomic mass is 35.5. The van der Waals surface area contributed by atoms with Gasteiger partial charge in [0.05, 0.1) is 16.3 Å². The van der Waals surface area contributed by atoms with Crippen molar-refractivity contribution in [3.05, 3.63) is 23.2 Å². The second-order valence-electron chi connectivity index (χ2n) is 4.41. The molecule has 0 aromatic heterocycles. The maximum atomic E-state index is 11.9. The van der Waals surface area contributed by atoms with Crippen molar-refractivity contribution >= 4 is 27.1 Å². The summed E-state index contributed by atoms with van der Waals surface area (Å²) >= 11 is 5.83. The summed E-state index contributed by atoms with van der Waals surface area (Å²) in [5.41, 5.74) is 0.148. The first kappa shape index (κ1) is 10.8. The Morgan fingerprint density at radius 1 is 1.40 bits per heavy atom. The highest BCUT2D eigenvalue weighted by molar-refractivity contribution is 7.91. The van der Waals surface area contributed by atoms with Crippen LogP contribution >= 0.6 is 11.6 Å². The van der Waals surface area contributed by atoms with E-state index >= 15 is 0 Å². The van der Waals surface area contributed by atoms with Crippen LogP contribution in [0.1, 0.15) is 13.8 Å². The van der Waals surface area contributed by atoms with Gasteiger partial charge >= 0.3 is 0 Å². The number of hydrogen-bond acceptors (Lipinski definition) is 3. The van der Waals surface area contributed by atoms with Crippen LogP contribution in [0.15, 0.2) is 23.1 Å². The predicted molar refractivity (Wildman–Crippen MR) is 61.2 cm³/mol. The van der Waals surface area contributed by atoms with E-state index in [0.717, 1.165) is 0 Å². The van der Waals surface area contributed by atoms with E-state index in [1.165, 1.54) is 0 Å². The van der Waals surface area contributed by atoms with Crippen molar-refractivity contribution in [1.82, 2.24) is 0 Å². The van der Waals surface area contributed by atoms with Gasteiger partial charge in [-0.15, -0.1) is 0 Å². The second kappa shape index (κ2) is 3.12. The molecule has 2 rings (SSSR count). The molecule has 0 atom stereocenters. The van der Waals surface area contributed by atoms with Crippen molar-refractivity contribution in [3.8, 4) is 0 Å². The van der Waals surface area contributed by atoms with E-state index in [0.29, 0.717) is 15.6 Å². The first-order valence-corrected chi connectivity index (χ1v) is 6.64. The van der Waals surface area contributed by atoms with Gasteiger partial charge in [-0.25, -0.2) is 8.42 Å². The van der Waals surface area contributed by atoms with Crippen molar-refractivity contribution in [2.24, 2.45) is 0 Å². The lowest BCUT2D eigenvalue weighted by molar-refractivity contribution is 0.556. The summed E-state index contributed by atoms with van der Waals surface area (Å²) in [5, 5.41) is 3.71. The molecule has 0 saturated heterocycles. The third-order valence-electron chi connectivity index (χ3n) is 2.30. The van der Waals surface area contributed by atoms with Gasteiger partial charge in [0.25, 0.3) is 0 Å². The fourth-order valence-corrected chi connectivity index (χ4v) is 3.89. The third kappa shape index (κ3) is 1.96. The zero-order valence-corrected chi connectivity index (χ0v) is 10.1. The van der Waals surface area contributed by atoms with Gasteiger partial charge in [0.15, 0.2) is 9.84 Å². The fourth-order valence-electron chi connectivity index (χ4n) is 1.82. The minimum atomic E-state index is -3.19. The number of hydrogen-bond donors (Lipinski definition) is 1. The SMILES string of the molecule is CC1(C)CS(=O)(=O)c2ccc(Cl)cc2N1. The van der Waals surface area contributed by atoms with Crippen LogP contribution in [0.25, 0.3) is 0 Å². The van der Waals surface area contributed by atoms with Crippen molar-refractivity contribution < 1.29 is 8.42 Å². The maximum Gasteiger partial charge on any atom is 0.182 e. The summed E-state index contributed by atoms with van der Waals surface area (Å²) in [6.45, 7) is 3.71. The van der Waals surface area contributed by atoms with Gasteiger partial charge in [0, 0.05) is 10.6 Å². The molecule has 0 fully saturated rings. The Balaban J connectivity index is 2.66. The van der Waals surface area contributed by atoms with Crippen LogP contribution < -0.4 is 5.32 Å². The largest absolute Gasteiger partial charge is 0.378 e. The first-order chi connectivity index (χ1) is 6.80. The third-order valence-corrected chi connectivity index (χ3v) is 4.66. The van der Waals surface area contributed by atoms with Gasteiger partial charge in [-0.05, 0) is 32.0 Å². The number of halogens is 1. The molecule has 1 aliphatic heterocycles. The standard InChI is InChI=1S/C10H12ClNO2S/c1-10(2)6-15(13,14)9-4-3-7(11)5-8(9)12-10/h3-5,12H,6H2,1-2H3. The molecule has 3 nitrogen and oxygen atoms in total. The van der Waals surface area contributed by atoms with Crippen LogP contribution in [0.5, 0.6) is 0 Å². The van der Waals surface area contributed by atoms with E-state index in [9.17, 15) is 8.42 Å². The average molecular weight is 246 g/mol. The van der Waals surface area contributed by atoms with Gasteiger partial charge < -0.3 is 5.32 Å². The molecule has 1 aliphatic rings. The lowest BCUT2D eigenvalue weighted by Crippen LogP contribution is -2.42. The smallest absolute Gasteiger partial charge is 0.182 e. The van der Waals surface area contributed by atoms with E-state index in [1.807, 2.05) is 13.8 Å². The van der Waals surface area contributed by atoms with E-state index in [1.54, 1.807) is 18.2 Å². The number of anilines is 1. The molecule has 0 spiro atoms. The van der Waals surface area contributed by atoms with Gasteiger partial charge in [-0.1, -0.05) is 11.6 Å². The van der Waals surface area contributed by atoms with E-state index in [4.69, 9.17) is 11.6 Å². The van der Waals surface area contributed by atoms with Crippen LogP contribution in [-0.4, -0.2) is 19.7 Å². The van der Waals surface area contributed by atoms with Crippen LogP contribution in [0.4, 0.5) is 5.69 Å². The van der Waals surface area contributed by atoms with Crippen LogP contribution in [0.2, 0.25) is 5.02 Å². The van der Waals surface area contributed by atoms with Crippen LogP contribution in [0.3, 0.4) is 0 Å². The highest BCUT2D eigenvalue weighted by Gasteiger charge is 2.34. The van der Waals surface area contributed by atoms with Gasteiger partial charge in [-0.3, -0.25) is 0 Å². The van der Waals surface area contributed by atoms with Gasteiger partial charge in [-0.2, -0.15) is 0 Å². The first-order valence-electron chi connectivity index (χ1n) is 4.61. The number of sulfone groups is 1. The van der Waals surface area contributed by atoms with Crippen LogP contribution in [0, 0.1) is 0 Å². The van der Waals surface area contributed by atoms with Gasteiger partial charge in [0.2, 0.25) is 0 Å². The Morgan fingerprint density at radius 2 is 2.07 bits per heavy atom. The Hall–Kier alpha value is -0.740. The Kier molecular flexibility index (Phi) is 2.24. The lowest BCUT2D eigenvalue weighted by atomic mass is 10.1. The van der Waals surface area contributed by atoms with Crippen molar-refractivity contribution in [2.75, 3.05) is 11.1 Å². The zero-order chi connectivity index (χ0) is 11.3. The summed E-state index contributed by atoms with van der Waals surface area (Å²) in [7, 11) is -3.19. The molecule has 1 aromatic rings. The molecule has 0 aliphatic carbocycles. The summed E-state index contributed by atoms with van der Waals surface area (Å²) in [6.07, 6.45) is 0. The molecular formula is C10H12ClNO2S. The Bertz CT molecular complexity index is 508. The molecule has 1 heterocycles. The Morgan fingerprint density at radius 3 is 2.73 bits per heavy atom. The molecule has 1 N–H and O–H groups in total. The minimum absolute atomic E-state index is 0.106. The minimum Gasteiger partial charge on any atom is -0.378 e. The van der Waals surface area contributed by atoms with E-state index in [2.05, 4.69) is 5.32 Å².